The normalized spacial score (nSPS) is 14.8. The minimum atomic E-state index is -0.311. The SMILES string of the molecule is O=C(COc1cc(Cl)ccc1Cl)Nc1nc2ccc(CN3CCOCC3)cc2s1. The van der Waals surface area contributed by atoms with Gasteiger partial charge in [-0.3, -0.25) is 15.0 Å². The van der Waals surface area contributed by atoms with Gasteiger partial charge >= 0.3 is 0 Å². The van der Waals surface area contributed by atoms with Crippen molar-refractivity contribution in [2.45, 2.75) is 6.54 Å². The van der Waals surface area contributed by atoms with Gasteiger partial charge < -0.3 is 9.47 Å². The number of amides is 1. The van der Waals surface area contributed by atoms with Gasteiger partial charge in [0.2, 0.25) is 0 Å². The molecule has 0 spiro atoms. The van der Waals surface area contributed by atoms with Crippen molar-refractivity contribution in [3.05, 3.63) is 52.0 Å². The number of carbonyl (C=O) groups excluding carboxylic acids is 1. The molecule has 4 rings (SSSR count). The molecule has 152 valence electrons. The number of benzene rings is 2. The van der Waals surface area contributed by atoms with E-state index in [4.69, 9.17) is 32.7 Å². The first-order chi connectivity index (χ1) is 14.1. The number of nitrogens with zero attached hydrogens (tertiary/aromatic N) is 2. The van der Waals surface area contributed by atoms with Crippen LogP contribution in [0.4, 0.5) is 5.13 Å². The maximum absolute atomic E-state index is 12.2. The van der Waals surface area contributed by atoms with Crippen molar-refractivity contribution < 1.29 is 14.3 Å². The zero-order valence-corrected chi connectivity index (χ0v) is 17.8. The summed E-state index contributed by atoms with van der Waals surface area (Å²) in [5.74, 6) is 0.0556. The van der Waals surface area contributed by atoms with E-state index in [2.05, 4.69) is 27.3 Å². The standard InChI is InChI=1S/C20H19Cl2N3O3S/c21-14-2-3-15(22)17(10-14)28-12-19(26)24-20-23-16-4-1-13(9-18(16)29-20)11-25-5-7-27-8-6-25/h1-4,9-10H,5-8,11-12H2,(H,23,24,26). The van der Waals surface area contributed by atoms with Gasteiger partial charge in [-0.15, -0.1) is 0 Å². The van der Waals surface area contributed by atoms with Crippen molar-refractivity contribution in [2.75, 3.05) is 38.2 Å². The van der Waals surface area contributed by atoms with Crippen LogP contribution in [0.3, 0.4) is 0 Å². The zero-order valence-electron chi connectivity index (χ0n) is 15.5. The highest BCUT2D eigenvalue weighted by atomic mass is 35.5. The molecule has 29 heavy (non-hydrogen) atoms. The summed E-state index contributed by atoms with van der Waals surface area (Å²) in [6.45, 7) is 4.14. The van der Waals surface area contributed by atoms with E-state index < -0.39 is 0 Å². The first-order valence-corrected chi connectivity index (χ1v) is 10.7. The predicted molar refractivity (Wildman–Crippen MR) is 116 cm³/mol. The second-order valence-corrected chi connectivity index (χ2v) is 8.50. The topological polar surface area (TPSA) is 63.7 Å². The molecule has 1 N–H and O–H groups in total. The van der Waals surface area contributed by atoms with Crippen LogP contribution >= 0.6 is 34.5 Å². The molecule has 9 heteroatoms. The minimum absolute atomic E-state index is 0.182. The molecule has 0 radical (unpaired) electrons. The van der Waals surface area contributed by atoms with Crippen molar-refractivity contribution in [3.8, 4) is 5.75 Å². The molecule has 1 fully saturated rings. The number of anilines is 1. The lowest BCUT2D eigenvalue weighted by molar-refractivity contribution is -0.118. The Hall–Kier alpha value is -1.90. The van der Waals surface area contributed by atoms with E-state index in [1.807, 2.05) is 6.07 Å². The molecule has 0 atom stereocenters. The Morgan fingerprint density at radius 3 is 2.86 bits per heavy atom. The third kappa shape index (κ3) is 5.38. The lowest BCUT2D eigenvalue weighted by Crippen LogP contribution is -2.35. The average molecular weight is 452 g/mol. The summed E-state index contributed by atoms with van der Waals surface area (Å²) >= 11 is 13.4. The maximum Gasteiger partial charge on any atom is 0.264 e. The van der Waals surface area contributed by atoms with Crippen LogP contribution in [0.2, 0.25) is 10.0 Å². The molecule has 1 saturated heterocycles. The lowest BCUT2D eigenvalue weighted by atomic mass is 10.2. The molecule has 3 aromatic rings. The molecule has 1 aliphatic rings. The zero-order chi connectivity index (χ0) is 20.2. The fourth-order valence-corrected chi connectivity index (χ4v) is 4.30. The Kier molecular flexibility index (Phi) is 6.52. The van der Waals surface area contributed by atoms with Gasteiger partial charge in [0.1, 0.15) is 5.75 Å². The molecule has 0 unspecified atom stereocenters. The van der Waals surface area contributed by atoms with Gasteiger partial charge in [-0.1, -0.05) is 40.6 Å². The largest absolute Gasteiger partial charge is 0.482 e. The van der Waals surface area contributed by atoms with Crippen LogP contribution in [0.15, 0.2) is 36.4 Å². The summed E-state index contributed by atoms with van der Waals surface area (Å²) in [7, 11) is 0. The van der Waals surface area contributed by atoms with E-state index in [9.17, 15) is 4.79 Å². The predicted octanol–water partition coefficient (Wildman–Crippen LogP) is 4.45. The molecule has 6 nitrogen and oxygen atoms in total. The molecule has 2 aromatic carbocycles. The average Bonchev–Trinajstić information content (AvgIpc) is 3.11. The van der Waals surface area contributed by atoms with Gasteiger partial charge in [-0.2, -0.15) is 0 Å². The highest BCUT2D eigenvalue weighted by Crippen LogP contribution is 2.29. The molecule has 0 aliphatic carbocycles. The van der Waals surface area contributed by atoms with Gasteiger partial charge in [0.05, 0.1) is 28.5 Å². The van der Waals surface area contributed by atoms with Crippen LogP contribution < -0.4 is 10.1 Å². The van der Waals surface area contributed by atoms with Crippen LogP contribution in [-0.2, 0) is 16.1 Å². The summed E-state index contributed by atoms with van der Waals surface area (Å²) in [5.41, 5.74) is 2.08. The number of morpholine rings is 1. The van der Waals surface area contributed by atoms with Crippen molar-refractivity contribution >= 4 is 55.8 Å². The third-order valence-corrected chi connectivity index (χ3v) is 5.94. The lowest BCUT2D eigenvalue weighted by Gasteiger charge is -2.26. The summed E-state index contributed by atoms with van der Waals surface area (Å²) in [6, 6.07) is 11.0. The summed E-state index contributed by atoms with van der Waals surface area (Å²) in [4.78, 5) is 19.1. The monoisotopic (exact) mass is 451 g/mol. The van der Waals surface area contributed by atoms with Crippen molar-refractivity contribution in [3.63, 3.8) is 0 Å². The van der Waals surface area contributed by atoms with E-state index in [-0.39, 0.29) is 12.5 Å². The van der Waals surface area contributed by atoms with Gasteiger partial charge in [0, 0.05) is 30.7 Å². The molecule has 1 aliphatic heterocycles. The van der Waals surface area contributed by atoms with E-state index in [0.717, 1.165) is 43.1 Å². The summed E-state index contributed by atoms with van der Waals surface area (Å²) in [6.07, 6.45) is 0. The quantitative estimate of drug-likeness (QED) is 0.599. The number of halogens is 2. The maximum atomic E-state index is 12.2. The number of rotatable bonds is 6. The van der Waals surface area contributed by atoms with Crippen molar-refractivity contribution in [1.29, 1.82) is 0 Å². The van der Waals surface area contributed by atoms with E-state index in [1.165, 1.54) is 16.9 Å². The molecular formula is C20H19Cl2N3O3S. The number of hydrogen-bond donors (Lipinski definition) is 1. The number of carbonyl (C=O) groups is 1. The highest BCUT2D eigenvalue weighted by molar-refractivity contribution is 7.22. The number of hydrogen-bond acceptors (Lipinski definition) is 6. The van der Waals surface area contributed by atoms with Crippen molar-refractivity contribution in [1.82, 2.24) is 9.88 Å². The second-order valence-electron chi connectivity index (χ2n) is 6.62. The van der Waals surface area contributed by atoms with Crippen LogP contribution in [0.5, 0.6) is 5.75 Å². The molecule has 1 amide bonds. The van der Waals surface area contributed by atoms with Crippen LogP contribution in [0, 0.1) is 0 Å². The molecule has 0 bridgehead atoms. The highest BCUT2D eigenvalue weighted by Gasteiger charge is 2.13. The van der Waals surface area contributed by atoms with Crippen LogP contribution in [-0.4, -0.2) is 48.7 Å². The van der Waals surface area contributed by atoms with Gasteiger partial charge in [0.25, 0.3) is 5.91 Å². The van der Waals surface area contributed by atoms with Crippen LogP contribution in [0.25, 0.3) is 10.2 Å². The molecule has 0 saturated carbocycles. The molecule has 2 heterocycles. The Bertz CT molecular complexity index is 1020. The number of fused-ring (bicyclic) bond motifs is 1. The van der Waals surface area contributed by atoms with Gasteiger partial charge in [-0.25, -0.2) is 4.98 Å². The van der Waals surface area contributed by atoms with Crippen LogP contribution in [0.1, 0.15) is 5.56 Å². The number of thiazole rings is 1. The Morgan fingerprint density at radius 1 is 1.21 bits per heavy atom. The fourth-order valence-electron chi connectivity index (χ4n) is 3.02. The molecule has 1 aromatic heterocycles. The van der Waals surface area contributed by atoms with E-state index in [0.29, 0.717) is 20.9 Å². The summed E-state index contributed by atoms with van der Waals surface area (Å²) in [5, 5.41) is 4.20. The number of aromatic nitrogens is 1. The van der Waals surface area contributed by atoms with E-state index in [1.54, 1.807) is 18.2 Å². The van der Waals surface area contributed by atoms with Crippen molar-refractivity contribution in [2.24, 2.45) is 0 Å². The Balaban J connectivity index is 1.37. The Morgan fingerprint density at radius 2 is 2.03 bits per heavy atom. The second kappa shape index (κ2) is 9.28. The fraction of sp³-hybridized carbons (Fsp3) is 0.300. The Labute approximate surface area is 182 Å². The molecular weight excluding hydrogens is 433 g/mol. The smallest absolute Gasteiger partial charge is 0.264 e. The first-order valence-electron chi connectivity index (χ1n) is 9.14. The first kappa shape index (κ1) is 20.4. The van der Waals surface area contributed by atoms with Gasteiger partial charge in [-0.05, 0) is 29.8 Å². The number of ether oxygens (including phenoxy) is 2. The summed E-state index contributed by atoms with van der Waals surface area (Å²) < 4.78 is 11.9. The third-order valence-electron chi connectivity index (χ3n) is 4.46. The minimum Gasteiger partial charge on any atom is -0.482 e. The van der Waals surface area contributed by atoms with E-state index >= 15 is 0 Å². The number of nitrogens with one attached hydrogen (secondary N) is 1. The van der Waals surface area contributed by atoms with Gasteiger partial charge in [0.15, 0.2) is 11.7 Å².